The average Bonchev–Trinajstić information content (AvgIpc) is 2.59. The Kier molecular flexibility index (Phi) is 3.25. The van der Waals surface area contributed by atoms with Crippen LogP contribution in [-0.4, -0.2) is 11.4 Å². The molecule has 1 atom stereocenters. The summed E-state index contributed by atoms with van der Waals surface area (Å²) in [6, 6.07) is 5.02. The van der Waals surface area contributed by atoms with Gasteiger partial charge in [0.15, 0.2) is 0 Å². The number of rotatable bonds is 3. The first-order valence-corrected chi connectivity index (χ1v) is 5.67. The highest BCUT2D eigenvalue weighted by atomic mass is 79.9. The maximum atomic E-state index is 12.3. The molecule has 0 unspecified atom stereocenters. The van der Waals surface area contributed by atoms with Gasteiger partial charge >= 0.3 is 0 Å². The van der Waals surface area contributed by atoms with Crippen molar-refractivity contribution in [2.24, 2.45) is 5.73 Å². The molecule has 0 aliphatic carbocycles. The molecule has 1 aromatic carbocycles. The molecular weight excluding hydrogens is 278 g/mol. The minimum Gasteiger partial charge on any atom is -0.361 e. The van der Waals surface area contributed by atoms with E-state index in [1.54, 1.807) is 6.20 Å². The molecule has 3 N–H and O–H groups in total. The second-order valence-corrected chi connectivity index (χ2v) is 4.58. The number of hydrogen-bond acceptors (Lipinski definition) is 1. The molecule has 0 fully saturated rings. The van der Waals surface area contributed by atoms with E-state index < -0.39 is 12.5 Å². The largest absolute Gasteiger partial charge is 0.361 e. The molecule has 0 saturated carbocycles. The van der Waals surface area contributed by atoms with E-state index in [1.807, 2.05) is 18.2 Å². The summed E-state index contributed by atoms with van der Waals surface area (Å²) in [6.07, 6.45) is -1.00. The third kappa shape index (κ3) is 2.25. The summed E-state index contributed by atoms with van der Waals surface area (Å²) in [7, 11) is 0. The maximum absolute atomic E-state index is 12.3. The number of halogens is 3. The first kappa shape index (κ1) is 11.5. The van der Waals surface area contributed by atoms with Crippen molar-refractivity contribution in [1.82, 2.24) is 4.98 Å². The third-order valence-corrected chi connectivity index (χ3v) is 3.00. The van der Waals surface area contributed by atoms with Crippen LogP contribution in [0, 0.1) is 0 Å². The van der Waals surface area contributed by atoms with Gasteiger partial charge in [-0.25, -0.2) is 8.78 Å². The quantitative estimate of drug-likeness (QED) is 0.891. The summed E-state index contributed by atoms with van der Waals surface area (Å²) in [5.41, 5.74) is 7.38. The number of hydrogen-bond donors (Lipinski definition) is 2. The summed E-state index contributed by atoms with van der Waals surface area (Å²) in [6.45, 7) is 0. The number of benzene rings is 1. The van der Waals surface area contributed by atoms with Gasteiger partial charge in [-0.3, -0.25) is 0 Å². The molecular formula is C11H11BrF2N2. The Morgan fingerprint density at radius 2 is 2.12 bits per heavy atom. The van der Waals surface area contributed by atoms with E-state index in [4.69, 9.17) is 5.73 Å². The minimum atomic E-state index is -2.38. The van der Waals surface area contributed by atoms with Gasteiger partial charge in [0.05, 0.1) is 0 Å². The van der Waals surface area contributed by atoms with Crippen LogP contribution in [0.1, 0.15) is 18.0 Å². The predicted octanol–water partition coefficient (Wildman–Crippen LogP) is 3.59. The standard InChI is InChI=1S/C11H11BrF2N2/c12-6-1-2-10-7(3-6)8(5-16-10)9(15)4-11(13)14/h1-3,5,9,11,16H,4,15H2/t9-/m1/s1. The zero-order valence-corrected chi connectivity index (χ0v) is 9.97. The van der Waals surface area contributed by atoms with Crippen molar-refractivity contribution in [2.45, 2.75) is 18.9 Å². The SMILES string of the molecule is N[C@H](CC(F)F)c1c[nH]c2ccc(Br)cc12. The van der Waals surface area contributed by atoms with Crippen LogP contribution >= 0.6 is 15.9 Å². The number of H-pyrrole nitrogens is 1. The molecule has 0 amide bonds. The third-order valence-electron chi connectivity index (χ3n) is 2.51. The van der Waals surface area contributed by atoms with Crippen molar-refractivity contribution in [3.05, 3.63) is 34.4 Å². The van der Waals surface area contributed by atoms with Gasteiger partial charge in [0.25, 0.3) is 0 Å². The van der Waals surface area contributed by atoms with Gasteiger partial charge in [-0.05, 0) is 23.8 Å². The van der Waals surface area contributed by atoms with E-state index >= 15 is 0 Å². The van der Waals surface area contributed by atoms with E-state index in [0.29, 0.717) is 0 Å². The molecule has 2 rings (SSSR count). The summed E-state index contributed by atoms with van der Waals surface area (Å²) >= 11 is 3.35. The average molecular weight is 289 g/mol. The van der Waals surface area contributed by atoms with Crippen molar-refractivity contribution >= 4 is 26.8 Å². The van der Waals surface area contributed by atoms with Crippen LogP contribution in [0.15, 0.2) is 28.9 Å². The van der Waals surface area contributed by atoms with E-state index in [-0.39, 0.29) is 6.42 Å². The molecule has 1 heterocycles. The van der Waals surface area contributed by atoms with Gasteiger partial charge in [0, 0.05) is 34.0 Å². The normalized spacial score (nSPS) is 13.6. The van der Waals surface area contributed by atoms with Crippen molar-refractivity contribution in [3.63, 3.8) is 0 Å². The molecule has 0 radical (unpaired) electrons. The molecule has 0 aliphatic rings. The van der Waals surface area contributed by atoms with Crippen LogP contribution in [0.5, 0.6) is 0 Å². The molecule has 2 aromatic rings. The van der Waals surface area contributed by atoms with Gasteiger partial charge in [0.2, 0.25) is 6.43 Å². The Hall–Kier alpha value is -0.940. The Morgan fingerprint density at radius 1 is 1.38 bits per heavy atom. The summed E-state index contributed by atoms with van der Waals surface area (Å²) in [5.74, 6) is 0. The van der Waals surface area contributed by atoms with Crippen molar-refractivity contribution in [2.75, 3.05) is 0 Å². The van der Waals surface area contributed by atoms with E-state index in [0.717, 1.165) is 20.9 Å². The Morgan fingerprint density at radius 3 is 2.81 bits per heavy atom. The molecule has 0 bridgehead atoms. The van der Waals surface area contributed by atoms with E-state index in [2.05, 4.69) is 20.9 Å². The highest BCUT2D eigenvalue weighted by molar-refractivity contribution is 9.10. The molecule has 0 spiro atoms. The molecule has 86 valence electrons. The summed E-state index contributed by atoms with van der Waals surface area (Å²) in [5, 5.41) is 0.891. The lowest BCUT2D eigenvalue weighted by molar-refractivity contribution is 0.128. The number of fused-ring (bicyclic) bond motifs is 1. The fourth-order valence-electron chi connectivity index (χ4n) is 1.74. The molecule has 0 saturated heterocycles. The number of nitrogens with two attached hydrogens (primary N) is 1. The Balaban J connectivity index is 2.40. The van der Waals surface area contributed by atoms with Crippen LogP contribution < -0.4 is 5.73 Å². The molecule has 5 heteroatoms. The van der Waals surface area contributed by atoms with Gasteiger partial charge in [-0.2, -0.15) is 0 Å². The van der Waals surface area contributed by atoms with E-state index in [9.17, 15) is 8.78 Å². The van der Waals surface area contributed by atoms with Crippen LogP contribution in [0.25, 0.3) is 10.9 Å². The number of nitrogens with one attached hydrogen (secondary N) is 1. The lowest BCUT2D eigenvalue weighted by Crippen LogP contribution is -2.13. The maximum Gasteiger partial charge on any atom is 0.240 e. The fourth-order valence-corrected chi connectivity index (χ4v) is 2.10. The lowest BCUT2D eigenvalue weighted by Gasteiger charge is -2.09. The molecule has 2 nitrogen and oxygen atoms in total. The van der Waals surface area contributed by atoms with Gasteiger partial charge < -0.3 is 10.7 Å². The number of aromatic amines is 1. The smallest absolute Gasteiger partial charge is 0.240 e. The molecule has 0 aliphatic heterocycles. The highest BCUT2D eigenvalue weighted by Gasteiger charge is 2.16. The molecule has 1 aromatic heterocycles. The minimum absolute atomic E-state index is 0.320. The zero-order chi connectivity index (χ0) is 11.7. The second-order valence-electron chi connectivity index (χ2n) is 3.67. The van der Waals surface area contributed by atoms with Crippen LogP contribution in [0.3, 0.4) is 0 Å². The van der Waals surface area contributed by atoms with Crippen LogP contribution in [-0.2, 0) is 0 Å². The monoisotopic (exact) mass is 288 g/mol. The van der Waals surface area contributed by atoms with E-state index in [1.165, 1.54) is 0 Å². The second kappa shape index (κ2) is 4.51. The van der Waals surface area contributed by atoms with Gasteiger partial charge in [0.1, 0.15) is 0 Å². The predicted molar refractivity (Wildman–Crippen MR) is 63.5 cm³/mol. The highest BCUT2D eigenvalue weighted by Crippen LogP contribution is 2.28. The van der Waals surface area contributed by atoms with Crippen molar-refractivity contribution in [3.8, 4) is 0 Å². The fraction of sp³-hybridized carbons (Fsp3) is 0.273. The summed E-state index contributed by atoms with van der Waals surface area (Å²) in [4.78, 5) is 3.02. The summed E-state index contributed by atoms with van der Waals surface area (Å²) < 4.78 is 25.4. The zero-order valence-electron chi connectivity index (χ0n) is 8.38. The van der Waals surface area contributed by atoms with Crippen LogP contribution in [0.2, 0.25) is 0 Å². The number of alkyl halides is 2. The Bertz CT molecular complexity index is 496. The molecule has 16 heavy (non-hydrogen) atoms. The first-order valence-electron chi connectivity index (χ1n) is 4.88. The van der Waals surface area contributed by atoms with Gasteiger partial charge in [-0.15, -0.1) is 0 Å². The first-order chi connectivity index (χ1) is 7.58. The van der Waals surface area contributed by atoms with Crippen molar-refractivity contribution in [1.29, 1.82) is 0 Å². The number of aromatic nitrogens is 1. The van der Waals surface area contributed by atoms with Crippen LogP contribution in [0.4, 0.5) is 8.78 Å². The van der Waals surface area contributed by atoms with Gasteiger partial charge in [-0.1, -0.05) is 15.9 Å². The lowest BCUT2D eigenvalue weighted by atomic mass is 10.0. The Labute approximate surface area is 100.0 Å². The topological polar surface area (TPSA) is 41.8 Å². The van der Waals surface area contributed by atoms with Crippen molar-refractivity contribution < 1.29 is 8.78 Å².